The number of carbonyl (C=O) groups excluding carboxylic acids is 2. The molecule has 0 atom stereocenters. The first kappa shape index (κ1) is 19.0. The fraction of sp³-hybridized carbons (Fsp3) is 0.105. The van der Waals surface area contributed by atoms with Crippen LogP contribution in [0.4, 0.5) is 5.00 Å². The number of thiophene rings is 1. The highest BCUT2D eigenvalue weighted by Crippen LogP contribution is 2.36. The quantitative estimate of drug-likeness (QED) is 0.457. The van der Waals surface area contributed by atoms with E-state index in [1.807, 2.05) is 0 Å². The van der Waals surface area contributed by atoms with E-state index < -0.39 is 11.9 Å². The Balaban J connectivity index is 1.62. The fourth-order valence-electron chi connectivity index (χ4n) is 2.53. The molecule has 146 valence electrons. The standard InChI is InChI=1S/C19H14N4O4S2/c1-2-26-19(25)14-11(13-5-3-8-27-13)9-28-17(14)23-16(24)12-10-29-18(22-12)15-20-6-4-7-21-15/h3-10H,2H2,1H3,(H,23,24). The van der Waals surface area contributed by atoms with E-state index in [1.54, 1.807) is 48.3 Å². The first-order valence-corrected chi connectivity index (χ1v) is 10.3. The Morgan fingerprint density at radius 3 is 2.72 bits per heavy atom. The number of esters is 1. The van der Waals surface area contributed by atoms with Crippen LogP contribution in [0.5, 0.6) is 0 Å². The molecule has 0 aliphatic rings. The molecule has 0 saturated heterocycles. The number of nitrogens with zero attached hydrogens (tertiary/aromatic N) is 3. The molecule has 1 N–H and O–H groups in total. The lowest BCUT2D eigenvalue weighted by atomic mass is 10.1. The summed E-state index contributed by atoms with van der Waals surface area (Å²) in [6.45, 7) is 1.93. The molecule has 0 fully saturated rings. The van der Waals surface area contributed by atoms with E-state index in [0.717, 1.165) is 0 Å². The van der Waals surface area contributed by atoms with E-state index in [4.69, 9.17) is 9.15 Å². The minimum absolute atomic E-state index is 0.209. The lowest BCUT2D eigenvalue weighted by Crippen LogP contribution is -2.15. The second-order valence-corrected chi connectivity index (χ2v) is 7.35. The molecule has 0 bridgehead atoms. The maximum atomic E-state index is 12.7. The highest BCUT2D eigenvalue weighted by molar-refractivity contribution is 7.15. The summed E-state index contributed by atoms with van der Waals surface area (Å²) in [5.41, 5.74) is 1.02. The van der Waals surface area contributed by atoms with Gasteiger partial charge >= 0.3 is 5.97 Å². The first-order chi connectivity index (χ1) is 14.2. The third-order valence-corrected chi connectivity index (χ3v) is 5.51. The summed E-state index contributed by atoms with van der Waals surface area (Å²) in [5.74, 6) is -0.0177. The number of nitrogens with one attached hydrogen (secondary N) is 1. The lowest BCUT2D eigenvalue weighted by Gasteiger charge is -2.07. The van der Waals surface area contributed by atoms with Gasteiger partial charge in [-0.05, 0) is 25.1 Å². The van der Waals surface area contributed by atoms with E-state index in [2.05, 4.69) is 20.3 Å². The molecule has 29 heavy (non-hydrogen) atoms. The van der Waals surface area contributed by atoms with Crippen molar-refractivity contribution in [2.45, 2.75) is 6.92 Å². The van der Waals surface area contributed by atoms with Crippen molar-refractivity contribution in [2.75, 3.05) is 11.9 Å². The fourth-order valence-corrected chi connectivity index (χ4v) is 4.20. The van der Waals surface area contributed by atoms with E-state index in [9.17, 15) is 9.59 Å². The zero-order valence-corrected chi connectivity index (χ0v) is 16.8. The van der Waals surface area contributed by atoms with Crippen molar-refractivity contribution in [2.24, 2.45) is 0 Å². The van der Waals surface area contributed by atoms with Crippen molar-refractivity contribution >= 4 is 39.6 Å². The van der Waals surface area contributed by atoms with Gasteiger partial charge in [-0.15, -0.1) is 22.7 Å². The number of thiazole rings is 1. The summed E-state index contributed by atoms with van der Waals surface area (Å²) in [4.78, 5) is 37.8. The molecular weight excluding hydrogens is 412 g/mol. The molecule has 0 saturated carbocycles. The molecule has 0 aromatic carbocycles. The molecule has 0 aliphatic carbocycles. The maximum Gasteiger partial charge on any atom is 0.341 e. The molecule has 0 radical (unpaired) electrons. The van der Waals surface area contributed by atoms with Gasteiger partial charge in [0.05, 0.1) is 12.9 Å². The average Bonchev–Trinajstić information content (AvgIpc) is 3.49. The number of amides is 1. The summed E-state index contributed by atoms with van der Waals surface area (Å²) >= 11 is 2.48. The van der Waals surface area contributed by atoms with E-state index in [-0.39, 0.29) is 17.9 Å². The molecule has 4 rings (SSSR count). The normalized spacial score (nSPS) is 10.7. The van der Waals surface area contributed by atoms with Crippen molar-refractivity contribution in [3.8, 4) is 22.2 Å². The largest absolute Gasteiger partial charge is 0.464 e. The van der Waals surface area contributed by atoms with Gasteiger partial charge in [0.2, 0.25) is 0 Å². The zero-order valence-electron chi connectivity index (χ0n) is 15.1. The molecule has 0 unspecified atom stereocenters. The van der Waals surface area contributed by atoms with Crippen LogP contribution in [-0.4, -0.2) is 33.4 Å². The van der Waals surface area contributed by atoms with Crippen LogP contribution in [0.3, 0.4) is 0 Å². The van der Waals surface area contributed by atoms with Crippen LogP contribution in [0.25, 0.3) is 22.2 Å². The van der Waals surface area contributed by atoms with Crippen molar-refractivity contribution in [3.05, 3.63) is 58.9 Å². The summed E-state index contributed by atoms with van der Waals surface area (Å²) < 4.78 is 10.6. The Labute approximate surface area is 173 Å². The van der Waals surface area contributed by atoms with Crippen molar-refractivity contribution in [3.63, 3.8) is 0 Å². The Hall–Kier alpha value is -3.37. The van der Waals surface area contributed by atoms with Crippen LogP contribution in [0.1, 0.15) is 27.8 Å². The Morgan fingerprint density at radius 1 is 1.17 bits per heavy atom. The van der Waals surface area contributed by atoms with Crippen LogP contribution >= 0.6 is 22.7 Å². The van der Waals surface area contributed by atoms with Gasteiger partial charge in [-0.2, -0.15) is 0 Å². The molecule has 10 heteroatoms. The Kier molecular flexibility index (Phi) is 5.45. The van der Waals surface area contributed by atoms with Gasteiger partial charge in [0.1, 0.15) is 22.0 Å². The highest BCUT2D eigenvalue weighted by Gasteiger charge is 2.25. The second-order valence-electron chi connectivity index (χ2n) is 5.62. The summed E-state index contributed by atoms with van der Waals surface area (Å²) in [5, 5.41) is 7.01. The smallest absolute Gasteiger partial charge is 0.341 e. The third kappa shape index (κ3) is 3.93. The minimum Gasteiger partial charge on any atom is -0.464 e. The predicted octanol–water partition coefficient (Wildman–Crippen LogP) is 4.35. The number of ether oxygens (including phenoxy) is 1. The van der Waals surface area contributed by atoms with Gasteiger partial charge in [0.15, 0.2) is 10.8 Å². The summed E-state index contributed by atoms with van der Waals surface area (Å²) in [6.07, 6.45) is 4.73. The zero-order chi connectivity index (χ0) is 20.2. The number of aromatic nitrogens is 3. The predicted molar refractivity (Wildman–Crippen MR) is 109 cm³/mol. The van der Waals surface area contributed by atoms with Gasteiger partial charge in [-0.1, -0.05) is 0 Å². The van der Waals surface area contributed by atoms with Gasteiger partial charge in [-0.25, -0.2) is 19.7 Å². The number of hydrogen-bond donors (Lipinski definition) is 1. The lowest BCUT2D eigenvalue weighted by molar-refractivity contribution is 0.0529. The number of carbonyl (C=O) groups is 2. The maximum absolute atomic E-state index is 12.7. The van der Waals surface area contributed by atoms with Crippen LogP contribution in [-0.2, 0) is 4.74 Å². The number of furan rings is 1. The molecule has 0 spiro atoms. The monoisotopic (exact) mass is 426 g/mol. The van der Waals surface area contributed by atoms with E-state index >= 15 is 0 Å². The van der Waals surface area contributed by atoms with Crippen LogP contribution in [0.2, 0.25) is 0 Å². The van der Waals surface area contributed by atoms with Gasteiger partial charge in [0.25, 0.3) is 5.91 Å². The van der Waals surface area contributed by atoms with Gasteiger partial charge < -0.3 is 14.5 Å². The molecule has 4 aromatic rings. The highest BCUT2D eigenvalue weighted by atomic mass is 32.1. The number of hydrogen-bond acceptors (Lipinski definition) is 9. The SMILES string of the molecule is CCOC(=O)c1c(-c2ccco2)csc1NC(=O)c1csc(-c2ncccn2)n1. The Bertz CT molecular complexity index is 1140. The number of rotatable bonds is 6. The molecule has 8 nitrogen and oxygen atoms in total. The second kappa shape index (κ2) is 8.33. The molecule has 4 aromatic heterocycles. The topological polar surface area (TPSA) is 107 Å². The Morgan fingerprint density at radius 2 is 2.00 bits per heavy atom. The van der Waals surface area contributed by atoms with Crippen molar-refractivity contribution in [1.29, 1.82) is 0 Å². The molecular formula is C19H14N4O4S2. The van der Waals surface area contributed by atoms with Gasteiger partial charge in [-0.3, -0.25) is 4.79 Å². The van der Waals surface area contributed by atoms with Crippen LogP contribution in [0, 0.1) is 0 Å². The van der Waals surface area contributed by atoms with Gasteiger partial charge in [0, 0.05) is 28.7 Å². The van der Waals surface area contributed by atoms with E-state index in [0.29, 0.717) is 27.2 Å². The third-order valence-electron chi connectivity index (χ3n) is 3.78. The van der Waals surface area contributed by atoms with E-state index in [1.165, 1.54) is 28.9 Å². The molecule has 0 aliphatic heterocycles. The molecule has 1 amide bonds. The van der Waals surface area contributed by atoms with Crippen molar-refractivity contribution in [1.82, 2.24) is 15.0 Å². The van der Waals surface area contributed by atoms with Crippen molar-refractivity contribution < 1.29 is 18.7 Å². The first-order valence-electron chi connectivity index (χ1n) is 8.54. The summed E-state index contributed by atoms with van der Waals surface area (Å²) in [6, 6.07) is 5.17. The van der Waals surface area contributed by atoms with Crippen LogP contribution < -0.4 is 5.32 Å². The summed E-state index contributed by atoms with van der Waals surface area (Å²) in [7, 11) is 0. The average molecular weight is 426 g/mol. The minimum atomic E-state index is -0.535. The molecule has 4 heterocycles. The van der Waals surface area contributed by atoms with Crippen LogP contribution in [0.15, 0.2) is 52.0 Å². The number of anilines is 1.